The second-order valence-electron chi connectivity index (χ2n) is 6.19. The van der Waals surface area contributed by atoms with E-state index in [4.69, 9.17) is 10.6 Å². The van der Waals surface area contributed by atoms with E-state index >= 15 is 0 Å². The van der Waals surface area contributed by atoms with E-state index in [9.17, 15) is 13.6 Å². The largest absolute Gasteiger partial charge is 0.497 e. The van der Waals surface area contributed by atoms with Crippen LogP contribution in [0.4, 0.5) is 13.6 Å². The average Bonchev–Trinajstić information content (AvgIpc) is 2.95. The second kappa shape index (κ2) is 8.22. The Kier molecular flexibility index (Phi) is 5.75. The summed E-state index contributed by atoms with van der Waals surface area (Å²) in [5.74, 6) is 6.65. The van der Waals surface area contributed by atoms with Crippen molar-refractivity contribution >= 4 is 6.03 Å². The molecule has 1 saturated heterocycles. The maximum atomic E-state index is 12.4. The number of amides is 2. The van der Waals surface area contributed by atoms with E-state index in [0.29, 0.717) is 19.5 Å². The van der Waals surface area contributed by atoms with Crippen LogP contribution in [0.5, 0.6) is 11.5 Å². The number of carbonyl (C=O) groups excluding carboxylic acids is 1. The molecule has 3 rings (SSSR count). The van der Waals surface area contributed by atoms with Gasteiger partial charge in [-0.15, -0.1) is 0 Å². The van der Waals surface area contributed by atoms with Crippen molar-refractivity contribution in [1.29, 1.82) is 0 Å². The lowest BCUT2D eigenvalue weighted by Crippen LogP contribution is -2.37. The zero-order chi connectivity index (χ0) is 19.4. The zero-order valence-corrected chi connectivity index (χ0v) is 14.8. The molecule has 0 saturated carbocycles. The fraction of sp³-hybridized carbons (Fsp3) is 0.316. The van der Waals surface area contributed by atoms with Gasteiger partial charge in [0.15, 0.2) is 0 Å². The Morgan fingerprint density at radius 1 is 1.11 bits per heavy atom. The van der Waals surface area contributed by atoms with Crippen LogP contribution < -0.4 is 15.3 Å². The first-order valence-corrected chi connectivity index (χ1v) is 8.48. The lowest BCUT2D eigenvalue weighted by atomic mass is 10.1. The predicted molar refractivity (Wildman–Crippen MR) is 95.5 cm³/mol. The number of rotatable bonds is 7. The van der Waals surface area contributed by atoms with Crippen molar-refractivity contribution in [2.45, 2.75) is 19.1 Å². The van der Waals surface area contributed by atoms with E-state index in [1.165, 1.54) is 17.1 Å². The molecular formula is C19H21F2N3O3. The molecule has 1 fully saturated rings. The molecule has 6 nitrogen and oxygen atoms in total. The lowest BCUT2D eigenvalue weighted by molar-refractivity contribution is -0.0498. The van der Waals surface area contributed by atoms with Crippen molar-refractivity contribution in [3.8, 4) is 11.5 Å². The maximum Gasteiger partial charge on any atom is 0.387 e. The number of nitrogens with zero attached hydrogens (tertiary/aromatic N) is 2. The summed E-state index contributed by atoms with van der Waals surface area (Å²) in [6, 6.07) is 13.4. The van der Waals surface area contributed by atoms with Crippen molar-refractivity contribution < 1.29 is 23.0 Å². The number of urea groups is 1. The molecule has 27 heavy (non-hydrogen) atoms. The topological polar surface area (TPSA) is 68.0 Å². The normalized spacial score (nSPS) is 16.9. The smallest absolute Gasteiger partial charge is 0.387 e. The summed E-state index contributed by atoms with van der Waals surface area (Å²) in [6.07, 6.45) is 0.659. The Bertz CT molecular complexity index is 769. The van der Waals surface area contributed by atoms with Crippen LogP contribution in [-0.2, 0) is 6.42 Å². The number of benzene rings is 2. The minimum atomic E-state index is -2.87. The van der Waals surface area contributed by atoms with E-state index in [1.54, 1.807) is 24.1 Å². The Morgan fingerprint density at radius 2 is 1.74 bits per heavy atom. The standard InChI is InChI=1S/C19H21F2N3O3/c1-26-15-6-2-13(3-7-15)10-11-23-17(12-24(22)19(23)25)14-4-8-16(9-5-14)27-18(20)21/h2-9,17-18H,10-12,22H2,1H3. The van der Waals surface area contributed by atoms with Gasteiger partial charge in [-0.1, -0.05) is 24.3 Å². The lowest BCUT2D eigenvalue weighted by Gasteiger charge is -2.23. The molecule has 2 aromatic rings. The number of ether oxygens (including phenoxy) is 2. The molecule has 0 bridgehead atoms. The van der Waals surface area contributed by atoms with Crippen LogP contribution in [0.3, 0.4) is 0 Å². The Balaban J connectivity index is 1.70. The minimum Gasteiger partial charge on any atom is -0.497 e. The molecule has 1 aliphatic rings. The first-order valence-electron chi connectivity index (χ1n) is 8.48. The van der Waals surface area contributed by atoms with E-state index < -0.39 is 6.61 Å². The van der Waals surface area contributed by atoms with Crippen LogP contribution in [0.25, 0.3) is 0 Å². The SMILES string of the molecule is COc1ccc(CCN2C(=O)N(N)CC2c2ccc(OC(F)F)cc2)cc1. The molecular weight excluding hydrogens is 356 g/mol. The highest BCUT2D eigenvalue weighted by atomic mass is 19.3. The van der Waals surface area contributed by atoms with Gasteiger partial charge in [-0.2, -0.15) is 8.78 Å². The fourth-order valence-electron chi connectivity index (χ4n) is 3.11. The molecule has 0 radical (unpaired) electrons. The van der Waals surface area contributed by atoms with Crippen LogP contribution in [-0.4, -0.2) is 42.8 Å². The zero-order valence-electron chi connectivity index (χ0n) is 14.8. The van der Waals surface area contributed by atoms with Gasteiger partial charge in [0.25, 0.3) is 0 Å². The van der Waals surface area contributed by atoms with Gasteiger partial charge < -0.3 is 14.4 Å². The monoisotopic (exact) mass is 377 g/mol. The number of hydrazine groups is 1. The number of methoxy groups -OCH3 is 1. The summed E-state index contributed by atoms with van der Waals surface area (Å²) in [7, 11) is 1.61. The molecule has 8 heteroatoms. The number of hydrogen-bond acceptors (Lipinski definition) is 4. The highest BCUT2D eigenvalue weighted by Gasteiger charge is 2.36. The van der Waals surface area contributed by atoms with Gasteiger partial charge in [0.2, 0.25) is 0 Å². The minimum absolute atomic E-state index is 0.0764. The van der Waals surface area contributed by atoms with Crippen molar-refractivity contribution in [2.75, 3.05) is 20.2 Å². The molecule has 1 unspecified atom stereocenters. The quantitative estimate of drug-likeness (QED) is 0.594. The van der Waals surface area contributed by atoms with Gasteiger partial charge in [-0.3, -0.25) is 5.01 Å². The third-order valence-electron chi connectivity index (χ3n) is 4.53. The van der Waals surface area contributed by atoms with Crippen molar-refractivity contribution in [1.82, 2.24) is 9.91 Å². The molecule has 0 spiro atoms. The predicted octanol–water partition coefficient (Wildman–Crippen LogP) is 3.19. The van der Waals surface area contributed by atoms with Gasteiger partial charge in [-0.25, -0.2) is 10.6 Å². The Morgan fingerprint density at radius 3 is 2.33 bits per heavy atom. The summed E-state index contributed by atoms with van der Waals surface area (Å²) in [5, 5.41) is 1.17. The molecule has 0 aliphatic carbocycles. The summed E-state index contributed by atoms with van der Waals surface area (Å²) in [6.45, 7) is -2.06. The van der Waals surface area contributed by atoms with E-state index in [0.717, 1.165) is 16.9 Å². The van der Waals surface area contributed by atoms with Gasteiger partial charge in [0, 0.05) is 6.54 Å². The van der Waals surface area contributed by atoms with E-state index in [-0.39, 0.29) is 17.8 Å². The number of hydrogen-bond donors (Lipinski definition) is 1. The number of halogens is 2. The molecule has 0 aromatic heterocycles. The van der Waals surface area contributed by atoms with Crippen molar-refractivity contribution in [3.05, 3.63) is 59.7 Å². The summed E-state index contributed by atoms with van der Waals surface area (Å²) in [4.78, 5) is 14.1. The Hall–Kier alpha value is -2.87. The molecule has 2 aromatic carbocycles. The number of alkyl halides is 2. The summed E-state index contributed by atoms with van der Waals surface area (Å²) >= 11 is 0. The molecule has 2 N–H and O–H groups in total. The van der Waals surface area contributed by atoms with E-state index in [2.05, 4.69) is 4.74 Å². The third kappa shape index (κ3) is 4.46. The first-order chi connectivity index (χ1) is 13.0. The second-order valence-corrected chi connectivity index (χ2v) is 6.19. The highest BCUT2D eigenvalue weighted by molar-refractivity contribution is 5.77. The van der Waals surface area contributed by atoms with Crippen LogP contribution in [0, 0.1) is 0 Å². The van der Waals surface area contributed by atoms with Gasteiger partial charge in [0.1, 0.15) is 11.5 Å². The van der Waals surface area contributed by atoms with Crippen molar-refractivity contribution in [2.24, 2.45) is 5.84 Å². The average molecular weight is 377 g/mol. The number of carbonyl (C=O) groups is 1. The van der Waals surface area contributed by atoms with E-state index in [1.807, 2.05) is 24.3 Å². The van der Waals surface area contributed by atoms with Gasteiger partial charge >= 0.3 is 12.6 Å². The van der Waals surface area contributed by atoms with Crippen LogP contribution in [0.15, 0.2) is 48.5 Å². The maximum absolute atomic E-state index is 12.4. The summed E-state index contributed by atoms with van der Waals surface area (Å²) in [5.41, 5.74) is 1.88. The number of nitrogens with two attached hydrogens (primary N) is 1. The molecule has 1 heterocycles. The van der Waals surface area contributed by atoms with Crippen LogP contribution in [0.2, 0.25) is 0 Å². The van der Waals surface area contributed by atoms with Crippen LogP contribution in [0.1, 0.15) is 17.2 Å². The fourth-order valence-corrected chi connectivity index (χ4v) is 3.11. The summed E-state index contributed by atoms with van der Waals surface area (Å²) < 4.78 is 34.1. The highest BCUT2D eigenvalue weighted by Crippen LogP contribution is 2.30. The molecule has 1 aliphatic heterocycles. The van der Waals surface area contributed by atoms with Gasteiger partial charge in [0.05, 0.1) is 19.7 Å². The molecule has 1 atom stereocenters. The third-order valence-corrected chi connectivity index (χ3v) is 4.53. The first kappa shape index (κ1) is 18.9. The Labute approximate surface area is 156 Å². The molecule has 144 valence electrons. The molecule has 2 amide bonds. The van der Waals surface area contributed by atoms with Crippen LogP contribution >= 0.6 is 0 Å². The van der Waals surface area contributed by atoms with Crippen molar-refractivity contribution in [3.63, 3.8) is 0 Å². The van der Waals surface area contributed by atoms with Gasteiger partial charge in [-0.05, 0) is 41.8 Å².